The van der Waals surface area contributed by atoms with Crippen LogP contribution in [0.2, 0.25) is 0 Å². The van der Waals surface area contributed by atoms with E-state index in [1.807, 2.05) is 0 Å². The highest BCUT2D eigenvalue weighted by molar-refractivity contribution is 4.77. The Labute approximate surface area is 100 Å². The molecule has 1 N–H and O–H groups in total. The first-order valence-electron chi connectivity index (χ1n) is 6.80. The molecule has 0 bridgehead atoms. The number of rotatable bonds is 6. The van der Waals surface area contributed by atoms with Crippen molar-refractivity contribution in [3.8, 4) is 0 Å². The molecule has 1 fully saturated rings. The van der Waals surface area contributed by atoms with E-state index in [0.29, 0.717) is 5.92 Å². The Kier molecular flexibility index (Phi) is 6.32. The highest BCUT2D eigenvalue weighted by atomic mass is 16.3. The average molecular weight is 228 g/mol. The molecule has 1 rings (SSSR count). The highest BCUT2D eigenvalue weighted by Gasteiger charge is 2.23. The lowest BCUT2D eigenvalue weighted by Gasteiger charge is -2.34. The molecule has 1 saturated heterocycles. The van der Waals surface area contributed by atoms with Crippen molar-refractivity contribution in [2.45, 2.75) is 39.7 Å². The monoisotopic (exact) mass is 228 g/mol. The molecule has 3 heteroatoms. The van der Waals surface area contributed by atoms with E-state index in [1.165, 1.54) is 13.0 Å². The van der Waals surface area contributed by atoms with Gasteiger partial charge in [0, 0.05) is 6.54 Å². The SMILES string of the molecule is CCN(CC)CCCN1CCC(C)C(O)C1. The highest BCUT2D eigenvalue weighted by Crippen LogP contribution is 2.16. The molecular weight excluding hydrogens is 200 g/mol. The summed E-state index contributed by atoms with van der Waals surface area (Å²) in [7, 11) is 0. The number of β-amino-alcohol motifs (C(OH)–C–C–N with tert-alkyl or cyclic N) is 1. The molecule has 2 unspecified atom stereocenters. The lowest BCUT2D eigenvalue weighted by Crippen LogP contribution is -2.43. The van der Waals surface area contributed by atoms with Crippen molar-refractivity contribution in [3.05, 3.63) is 0 Å². The van der Waals surface area contributed by atoms with Crippen molar-refractivity contribution in [3.63, 3.8) is 0 Å². The van der Waals surface area contributed by atoms with Crippen LogP contribution in [0.5, 0.6) is 0 Å². The second kappa shape index (κ2) is 7.25. The number of hydrogen-bond acceptors (Lipinski definition) is 3. The number of hydrogen-bond donors (Lipinski definition) is 1. The summed E-state index contributed by atoms with van der Waals surface area (Å²) in [5.74, 6) is 0.485. The van der Waals surface area contributed by atoms with E-state index >= 15 is 0 Å². The standard InChI is InChI=1S/C13H28N2O/c1-4-14(5-2)8-6-9-15-10-7-12(3)13(16)11-15/h12-13,16H,4-11H2,1-3H3. The van der Waals surface area contributed by atoms with Crippen molar-refractivity contribution in [2.75, 3.05) is 39.3 Å². The van der Waals surface area contributed by atoms with Gasteiger partial charge in [0.1, 0.15) is 0 Å². The Morgan fingerprint density at radius 2 is 2.00 bits per heavy atom. The van der Waals surface area contributed by atoms with Gasteiger partial charge >= 0.3 is 0 Å². The molecular formula is C13H28N2O. The van der Waals surface area contributed by atoms with Gasteiger partial charge in [0.15, 0.2) is 0 Å². The lowest BCUT2D eigenvalue weighted by molar-refractivity contribution is 0.0279. The number of likely N-dealkylation sites (tertiary alicyclic amines) is 1. The smallest absolute Gasteiger partial charge is 0.0693 e. The number of aliphatic hydroxyl groups is 1. The maximum absolute atomic E-state index is 9.80. The summed E-state index contributed by atoms with van der Waals surface area (Å²) in [5, 5.41) is 9.80. The van der Waals surface area contributed by atoms with Crippen molar-refractivity contribution in [1.29, 1.82) is 0 Å². The maximum Gasteiger partial charge on any atom is 0.0693 e. The summed E-state index contributed by atoms with van der Waals surface area (Å²) >= 11 is 0. The number of aliphatic hydroxyl groups excluding tert-OH is 1. The van der Waals surface area contributed by atoms with Crippen LogP contribution in [0.25, 0.3) is 0 Å². The van der Waals surface area contributed by atoms with E-state index in [0.717, 1.165) is 39.1 Å². The minimum absolute atomic E-state index is 0.109. The topological polar surface area (TPSA) is 26.7 Å². The van der Waals surface area contributed by atoms with Crippen molar-refractivity contribution < 1.29 is 5.11 Å². The third kappa shape index (κ3) is 4.40. The summed E-state index contributed by atoms with van der Waals surface area (Å²) < 4.78 is 0. The van der Waals surface area contributed by atoms with Gasteiger partial charge in [-0.2, -0.15) is 0 Å². The van der Waals surface area contributed by atoms with Gasteiger partial charge in [-0.3, -0.25) is 0 Å². The molecule has 16 heavy (non-hydrogen) atoms. The van der Waals surface area contributed by atoms with Crippen LogP contribution in [0.1, 0.15) is 33.6 Å². The first kappa shape index (κ1) is 13.9. The van der Waals surface area contributed by atoms with E-state index in [4.69, 9.17) is 0 Å². The fourth-order valence-electron chi connectivity index (χ4n) is 2.38. The first-order chi connectivity index (χ1) is 7.67. The van der Waals surface area contributed by atoms with Crippen LogP contribution in [0, 0.1) is 5.92 Å². The summed E-state index contributed by atoms with van der Waals surface area (Å²) in [6, 6.07) is 0. The molecule has 1 aliphatic rings. The van der Waals surface area contributed by atoms with Crippen molar-refractivity contribution in [1.82, 2.24) is 9.80 Å². The quantitative estimate of drug-likeness (QED) is 0.745. The molecule has 0 spiro atoms. The molecule has 0 aromatic carbocycles. The Morgan fingerprint density at radius 3 is 2.56 bits per heavy atom. The zero-order chi connectivity index (χ0) is 12.0. The molecule has 1 heterocycles. The molecule has 0 aliphatic carbocycles. The maximum atomic E-state index is 9.80. The van der Waals surface area contributed by atoms with Crippen LogP contribution in [0.3, 0.4) is 0 Å². The molecule has 0 aromatic rings. The molecule has 0 radical (unpaired) electrons. The Hall–Kier alpha value is -0.120. The second-order valence-corrected chi connectivity index (χ2v) is 5.01. The van der Waals surface area contributed by atoms with Gasteiger partial charge in [-0.15, -0.1) is 0 Å². The summed E-state index contributed by atoms with van der Waals surface area (Å²) in [5.41, 5.74) is 0. The van der Waals surface area contributed by atoms with Gasteiger partial charge in [0.05, 0.1) is 6.10 Å². The predicted octanol–water partition coefficient (Wildman–Crippen LogP) is 1.42. The minimum atomic E-state index is -0.109. The Morgan fingerprint density at radius 1 is 1.31 bits per heavy atom. The predicted molar refractivity (Wildman–Crippen MR) is 68.6 cm³/mol. The van der Waals surface area contributed by atoms with Crippen LogP contribution in [-0.4, -0.2) is 60.3 Å². The van der Waals surface area contributed by atoms with Gasteiger partial charge in [-0.1, -0.05) is 20.8 Å². The van der Waals surface area contributed by atoms with E-state index in [-0.39, 0.29) is 6.10 Å². The molecule has 0 aromatic heterocycles. The van der Waals surface area contributed by atoms with E-state index in [2.05, 4.69) is 30.6 Å². The Bertz CT molecular complexity index is 183. The van der Waals surface area contributed by atoms with Crippen LogP contribution in [0.4, 0.5) is 0 Å². The molecule has 0 amide bonds. The minimum Gasteiger partial charge on any atom is -0.392 e. The molecule has 0 saturated carbocycles. The van der Waals surface area contributed by atoms with E-state index in [9.17, 15) is 5.11 Å². The zero-order valence-corrected chi connectivity index (χ0v) is 11.2. The fraction of sp³-hybridized carbons (Fsp3) is 1.00. The number of piperidine rings is 1. The zero-order valence-electron chi connectivity index (χ0n) is 11.2. The van der Waals surface area contributed by atoms with Gasteiger partial charge in [-0.25, -0.2) is 0 Å². The van der Waals surface area contributed by atoms with E-state index in [1.54, 1.807) is 0 Å². The third-order valence-electron chi connectivity index (χ3n) is 3.85. The van der Waals surface area contributed by atoms with Crippen LogP contribution < -0.4 is 0 Å². The lowest BCUT2D eigenvalue weighted by atomic mass is 9.96. The number of nitrogens with zero attached hydrogens (tertiary/aromatic N) is 2. The molecule has 2 atom stereocenters. The first-order valence-corrected chi connectivity index (χ1v) is 6.80. The van der Waals surface area contributed by atoms with Crippen LogP contribution in [-0.2, 0) is 0 Å². The van der Waals surface area contributed by atoms with Crippen LogP contribution >= 0.6 is 0 Å². The summed E-state index contributed by atoms with van der Waals surface area (Å²) in [6.45, 7) is 13.3. The largest absolute Gasteiger partial charge is 0.392 e. The van der Waals surface area contributed by atoms with Crippen LogP contribution in [0.15, 0.2) is 0 Å². The normalized spacial score (nSPS) is 27.6. The van der Waals surface area contributed by atoms with E-state index < -0.39 is 0 Å². The van der Waals surface area contributed by atoms with Gasteiger partial charge < -0.3 is 14.9 Å². The molecule has 96 valence electrons. The van der Waals surface area contributed by atoms with Gasteiger partial charge in [0.2, 0.25) is 0 Å². The van der Waals surface area contributed by atoms with Crippen molar-refractivity contribution >= 4 is 0 Å². The molecule has 3 nitrogen and oxygen atoms in total. The van der Waals surface area contributed by atoms with Gasteiger partial charge in [0.25, 0.3) is 0 Å². The Balaban J connectivity index is 2.13. The summed E-state index contributed by atoms with van der Waals surface area (Å²) in [6.07, 6.45) is 2.26. The molecule has 1 aliphatic heterocycles. The fourth-order valence-corrected chi connectivity index (χ4v) is 2.38. The van der Waals surface area contributed by atoms with Crippen molar-refractivity contribution in [2.24, 2.45) is 5.92 Å². The van der Waals surface area contributed by atoms with Gasteiger partial charge in [-0.05, 0) is 51.5 Å². The average Bonchev–Trinajstić information content (AvgIpc) is 2.29. The summed E-state index contributed by atoms with van der Waals surface area (Å²) in [4.78, 5) is 4.87. The third-order valence-corrected chi connectivity index (χ3v) is 3.85. The second-order valence-electron chi connectivity index (χ2n) is 5.01.